The lowest BCUT2D eigenvalue weighted by atomic mass is 9.99. The lowest BCUT2D eigenvalue weighted by molar-refractivity contribution is -0.167. The van der Waals surface area contributed by atoms with Crippen molar-refractivity contribution < 1.29 is 23.9 Å². The van der Waals surface area contributed by atoms with Crippen molar-refractivity contribution in [2.45, 2.75) is 226 Å². The van der Waals surface area contributed by atoms with E-state index < -0.39 is 23.6 Å². The second kappa shape index (κ2) is 36.2. The van der Waals surface area contributed by atoms with Crippen LogP contribution in [0.25, 0.3) is 0 Å². The fourth-order valence-corrected chi connectivity index (χ4v) is 6.24. The van der Waals surface area contributed by atoms with Crippen LogP contribution in [-0.2, 0) is 23.9 Å². The monoisotopic (exact) mass is 719 g/mol. The van der Waals surface area contributed by atoms with Crippen LogP contribution in [0.1, 0.15) is 214 Å². The van der Waals surface area contributed by atoms with Gasteiger partial charge in [-0.2, -0.15) is 0 Å². The van der Waals surface area contributed by atoms with Crippen molar-refractivity contribution in [1.82, 2.24) is 5.32 Å². The number of ether oxygens (including phenoxy) is 2. The zero-order chi connectivity index (χ0) is 37.7. The van der Waals surface area contributed by atoms with Gasteiger partial charge in [-0.05, 0) is 78.1 Å². The van der Waals surface area contributed by atoms with E-state index in [4.69, 9.17) is 15.2 Å². The summed E-state index contributed by atoms with van der Waals surface area (Å²) in [4.78, 5) is 38.2. The Kier molecular flexibility index (Phi) is 34.7. The van der Waals surface area contributed by atoms with Crippen LogP contribution in [0.4, 0.5) is 0 Å². The smallest absolute Gasteiger partial charge is 0.306 e. The molecule has 0 spiro atoms. The van der Waals surface area contributed by atoms with Gasteiger partial charge < -0.3 is 20.5 Å². The maximum Gasteiger partial charge on any atom is 0.306 e. The predicted octanol–water partition coefficient (Wildman–Crippen LogP) is 11.8. The Morgan fingerprint density at radius 2 is 0.941 bits per heavy atom. The summed E-state index contributed by atoms with van der Waals surface area (Å²) in [5, 5.41) is 2.73. The number of carbonyl (C=O) groups excluding carboxylic acids is 3. The first-order chi connectivity index (χ1) is 24.8. The molecule has 3 N–H and O–H groups in total. The van der Waals surface area contributed by atoms with Gasteiger partial charge >= 0.3 is 11.9 Å². The van der Waals surface area contributed by atoms with Gasteiger partial charge in [0.1, 0.15) is 5.60 Å². The Hall–Kier alpha value is -2.15. The molecule has 0 aliphatic rings. The predicted molar refractivity (Wildman–Crippen MR) is 216 cm³/mol. The Morgan fingerprint density at radius 3 is 1.35 bits per heavy atom. The van der Waals surface area contributed by atoms with Crippen LogP contribution in [0.3, 0.4) is 0 Å². The Morgan fingerprint density at radius 1 is 0.569 bits per heavy atom. The summed E-state index contributed by atoms with van der Waals surface area (Å²) in [6.45, 7) is 8.63. The molecular formula is C44H82N2O5. The number of hydrogen-bond donors (Lipinski definition) is 2. The molecule has 0 rings (SSSR count). The van der Waals surface area contributed by atoms with Crippen molar-refractivity contribution >= 4 is 17.8 Å². The number of esters is 2. The molecule has 0 radical (unpaired) electrons. The first-order valence-electron chi connectivity index (χ1n) is 21.4. The van der Waals surface area contributed by atoms with Crippen molar-refractivity contribution in [3.8, 4) is 0 Å². The average molecular weight is 719 g/mol. The van der Waals surface area contributed by atoms with E-state index in [-0.39, 0.29) is 31.9 Å². The van der Waals surface area contributed by atoms with E-state index in [1.54, 1.807) is 13.8 Å². The first kappa shape index (κ1) is 48.9. The maximum atomic E-state index is 12.8. The first-order valence-corrected chi connectivity index (χ1v) is 21.4. The van der Waals surface area contributed by atoms with Gasteiger partial charge in [0.05, 0.1) is 0 Å². The highest BCUT2D eigenvalue weighted by Gasteiger charge is 2.33. The van der Waals surface area contributed by atoms with Crippen LogP contribution in [0.15, 0.2) is 24.3 Å². The topological polar surface area (TPSA) is 108 Å². The summed E-state index contributed by atoms with van der Waals surface area (Å²) in [6, 6.07) is 0. The third kappa shape index (κ3) is 34.7. The van der Waals surface area contributed by atoms with Gasteiger partial charge in [-0.3, -0.25) is 14.4 Å². The standard InChI is InChI=1S/C44H82N2O5/c1-5-7-9-11-13-15-17-19-21-23-25-27-29-31-33-35-41(47)50-40(43(49)46-38-37-45)39-44(3,4)51-42(48)36-34-32-30-28-26-24-22-20-18-16-14-12-10-8-6-2/h19-22,40H,5-18,23-39,45H2,1-4H3,(H,46,49)/b21-19-,22-20-. The number of rotatable bonds is 37. The Labute approximate surface area is 315 Å². The highest BCUT2D eigenvalue weighted by molar-refractivity contribution is 5.84. The minimum absolute atomic E-state index is 0.0969. The summed E-state index contributed by atoms with van der Waals surface area (Å²) in [6.07, 6.45) is 40.1. The highest BCUT2D eigenvalue weighted by Crippen LogP contribution is 2.22. The van der Waals surface area contributed by atoms with Crippen LogP contribution >= 0.6 is 0 Å². The molecule has 0 aromatic heterocycles. The van der Waals surface area contributed by atoms with Gasteiger partial charge in [-0.15, -0.1) is 0 Å². The molecule has 298 valence electrons. The van der Waals surface area contributed by atoms with Crippen molar-refractivity contribution in [1.29, 1.82) is 0 Å². The van der Waals surface area contributed by atoms with Crippen molar-refractivity contribution in [3.05, 3.63) is 24.3 Å². The number of carbonyl (C=O) groups is 3. The van der Waals surface area contributed by atoms with Crippen LogP contribution < -0.4 is 11.1 Å². The third-order valence-electron chi connectivity index (χ3n) is 9.36. The second-order valence-electron chi connectivity index (χ2n) is 15.2. The number of amides is 1. The summed E-state index contributed by atoms with van der Waals surface area (Å²) in [5.74, 6) is -1.07. The Bertz CT molecular complexity index is 885. The molecule has 0 saturated heterocycles. The summed E-state index contributed by atoms with van der Waals surface area (Å²) < 4.78 is 11.4. The molecule has 51 heavy (non-hydrogen) atoms. The van der Waals surface area contributed by atoms with E-state index in [1.165, 1.54) is 109 Å². The molecule has 0 aliphatic heterocycles. The largest absolute Gasteiger partial charge is 0.459 e. The second-order valence-corrected chi connectivity index (χ2v) is 15.2. The average Bonchev–Trinajstić information content (AvgIpc) is 3.09. The maximum absolute atomic E-state index is 12.8. The number of hydrogen-bond acceptors (Lipinski definition) is 6. The minimum Gasteiger partial charge on any atom is -0.459 e. The van der Waals surface area contributed by atoms with E-state index in [1.807, 2.05) is 0 Å². The van der Waals surface area contributed by atoms with Gasteiger partial charge in [-0.1, -0.05) is 141 Å². The molecule has 0 bridgehead atoms. The van der Waals surface area contributed by atoms with Crippen molar-refractivity contribution in [2.24, 2.45) is 5.73 Å². The quantitative estimate of drug-likeness (QED) is 0.0376. The SMILES string of the molecule is CCCCCCCC/C=C\CCCCCCCC(=O)OC(CC(C)(C)OC(=O)CCCCCCC/C=C\CCCCCCCC)C(=O)NCCN. The van der Waals surface area contributed by atoms with E-state index in [9.17, 15) is 14.4 Å². The van der Waals surface area contributed by atoms with Crippen LogP contribution in [0.5, 0.6) is 0 Å². The number of allylic oxidation sites excluding steroid dienone is 4. The number of nitrogens with one attached hydrogen (secondary N) is 1. The van der Waals surface area contributed by atoms with E-state index in [0.717, 1.165) is 57.8 Å². The van der Waals surface area contributed by atoms with E-state index in [2.05, 4.69) is 43.5 Å². The fraction of sp³-hybridized carbons (Fsp3) is 0.841. The molecule has 1 atom stereocenters. The number of nitrogens with two attached hydrogens (primary N) is 1. The van der Waals surface area contributed by atoms with Crippen molar-refractivity contribution in [3.63, 3.8) is 0 Å². The fourth-order valence-electron chi connectivity index (χ4n) is 6.24. The molecule has 0 aliphatic carbocycles. The van der Waals surface area contributed by atoms with Gasteiger partial charge in [0.15, 0.2) is 6.10 Å². The van der Waals surface area contributed by atoms with Crippen LogP contribution in [0, 0.1) is 0 Å². The lowest BCUT2D eigenvalue weighted by Gasteiger charge is -2.29. The molecule has 0 aromatic rings. The van der Waals surface area contributed by atoms with Crippen molar-refractivity contribution in [2.75, 3.05) is 13.1 Å². The Balaban J connectivity index is 4.22. The molecule has 7 heteroatoms. The third-order valence-corrected chi connectivity index (χ3v) is 9.36. The summed E-state index contributed by atoms with van der Waals surface area (Å²) in [5.41, 5.74) is 4.62. The zero-order valence-electron chi connectivity index (χ0n) is 33.9. The number of unbranched alkanes of at least 4 members (excludes halogenated alkanes) is 22. The zero-order valence-corrected chi connectivity index (χ0v) is 33.9. The molecule has 1 amide bonds. The van der Waals surface area contributed by atoms with E-state index in [0.29, 0.717) is 6.42 Å². The molecular weight excluding hydrogens is 636 g/mol. The summed E-state index contributed by atoms with van der Waals surface area (Å²) in [7, 11) is 0. The molecule has 0 fully saturated rings. The van der Waals surface area contributed by atoms with Gasteiger partial charge in [-0.25, -0.2) is 0 Å². The molecule has 1 unspecified atom stereocenters. The van der Waals surface area contributed by atoms with Crippen LogP contribution in [0.2, 0.25) is 0 Å². The van der Waals surface area contributed by atoms with E-state index >= 15 is 0 Å². The van der Waals surface area contributed by atoms with Gasteiger partial charge in [0.2, 0.25) is 0 Å². The normalized spacial score (nSPS) is 12.5. The van der Waals surface area contributed by atoms with Gasteiger partial charge in [0.25, 0.3) is 5.91 Å². The molecule has 0 saturated carbocycles. The lowest BCUT2D eigenvalue weighted by Crippen LogP contribution is -2.44. The van der Waals surface area contributed by atoms with Crippen LogP contribution in [-0.4, -0.2) is 42.6 Å². The molecule has 0 aromatic carbocycles. The highest BCUT2D eigenvalue weighted by atomic mass is 16.6. The minimum atomic E-state index is -1.03. The van der Waals surface area contributed by atoms with Gasteiger partial charge in [0, 0.05) is 32.4 Å². The molecule has 7 nitrogen and oxygen atoms in total. The molecule has 0 heterocycles. The summed E-state index contributed by atoms with van der Waals surface area (Å²) >= 11 is 0.